The average Bonchev–Trinajstić information content (AvgIpc) is 3.20. The smallest absolute Gasteiger partial charge is 0.374 e. The van der Waals surface area contributed by atoms with Crippen LogP contribution in [0.1, 0.15) is 35.7 Å². The number of carbonyl (C=O) groups excluding carboxylic acids is 2. The maximum absolute atomic E-state index is 13.1. The zero-order valence-corrected chi connectivity index (χ0v) is 16.0. The monoisotopic (exact) mass is 405 g/mol. The van der Waals surface area contributed by atoms with Gasteiger partial charge in [-0.05, 0) is 62.2 Å². The van der Waals surface area contributed by atoms with Gasteiger partial charge in [0.05, 0.1) is 23.5 Å². The van der Waals surface area contributed by atoms with E-state index < -0.39 is 17.6 Å². The minimum absolute atomic E-state index is 0.0801. The molecule has 0 unspecified atom stereocenters. The lowest BCUT2D eigenvalue weighted by Crippen LogP contribution is -2.24. The van der Waals surface area contributed by atoms with Crippen molar-refractivity contribution in [2.24, 2.45) is 0 Å². The highest BCUT2D eigenvalue weighted by atomic mass is 19.4. The van der Waals surface area contributed by atoms with Crippen molar-refractivity contribution in [1.82, 2.24) is 0 Å². The predicted molar refractivity (Wildman–Crippen MR) is 106 cm³/mol. The van der Waals surface area contributed by atoms with E-state index in [1.807, 2.05) is 4.90 Å². The Hall–Kier alpha value is -3.03. The largest absolute Gasteiger partial charge is 0.416 e. The van der Waals surface area contributed by atoms with Gasteiger partial charge in [-0.3, -0.25) is 9.59 Å². The highest BCUT2D eigenvalue weighted by Gasteiger charge is 2.31. The predicted octanol–water partition coefficient (Wildman–Crippen LogP) is 4.56. The van der Waals surface area contributed by atoms with E-state index in [0.717, 1.165) is 38.1 Å². The van der Waals surface area contributed by atoms with Gasteiger partial charge in [0.2, 0.25) is 5.91 Å². The maximum Gasteiger partial charge on any atom is 0.416 e. The number of carbonyl (C=O) groups is 2. The number of nitrogens with one attached hydrogen (secondary N) is 2. The van der Waals surface area contributed by atoms with Gasteiger partial charge in [-0.25, -0.2) is 0 Å². The first kappa shape index (κ1) is 20.7. The molecule has 1 saturated heterocycles. The molecule has 1 aliphatic rings. The summed E-state index contributed by atoms with van der Waals surface area (Å²) in [6.45, 7) is 2.81. The Bertz CT molecular complexity index is 889. The van der Waals surface area contributed by atoms with Crippen LogP contribution in [-0.2, 0) is 11.0 Å². The van der Waals surface area contributed by atoms with Crippen molar-refractivity contribution in [2.75, 3.05) is 35.2 Å². The number of hydrogen-bond donors (Lipinski definition) is 2. The molecule has 2 aromatic carbocycles. The molecule has 0 aliphatic carbocycles. The van der Waals surface area contributed by atoms with E-state index in [-0.39, 0.29) is 18.0 Å². The van der Waals surface area contributed by atoms with Crippen LogP contribution < -0.4 is 15.5 Å². The highest BCUT2D eigenvalue weighted by Crippen LogP contribution is 2.36. The molecule has 0 radical (unpaired) electrons. The fraction of sp³-hybridized carbons (Fsp3) is 0.333. The van der Waals surface area contributed by atoms with Gasteiger partial charge in [0, 0.05) is 24.3 Å². The minimum Gasteiger partial charge on any atom is -0.374 e. The Balaban J connectivity index is 1.70. The topological polar surface area (TPSA) is 61.4 Å². The summed E-state index contributed by atoms with van der Waals surface area (Å²) in [6, 6.07) is 9.98. The summed E-state index contributed by atoms with van der Waals surface area (Å²) in [5, 5.41) is 5.51. The number of anilines is 3. The molecule has 1 heterocycles. The normalized spacial score (nSPS) is 14.0. The molecule has 0 aromatic heterocycles. The maximum atomic E-state index is 13.1. The van der Waals surface area contributed by atoms with E-state index >= 15 is 0 Å². The SMILES string of the molecule is CC(=O)c1ccc(NC(=O)CNc2cc(C(F)(F)F)ccc2N2CCCC2)cc1. The second kappa shape index (κ2) is 8.55. The summed E-state index contributed by atoms with van der Waals surface area (Å²) in [6.07, 6.45) is -2.49. The zero-order valence-electron chi connectivity index (χ0n) is 16.0. The molecular weight excluding hydrogens is 383 g/mol. The third-order valence-electron chi connectivity index (χ3n) is 4.79. The summed E-state index contributed by atoms with van der Waals surface area (Å²) in [5.41, 5.74) is 1.21. The average molecular weight is 405 g/mol. The van der Waals surface area contributed by atoms with Gasteiger partial charge in [-0.15, -0.1) is 0 Å². The lowest BCUT2D eigenvalue weighted by Gasteiger charge is -2.23. The van der Waals surface area contributed by atoms with Crippen LogP contribution in [0.5, 0.6) is 0 Å². The lowest BCUT2D eigenvalue weighted by atomic mass is 10.1. The van der Waals surface area contributed by atoms with E-state index in [4.69, 9.17) is 0 Å². The van der Waals surface area contributed by atoms with Gasteiger partial charge in [0.15, 0.2) is 5.78 Å². The summed E-state index contributed by atoms with van der Waals surface area (Å²) in [7, 11) is 0. The number of alkyl halides is 3. The Morgan fingerprint density at radius 2 is 1.69 bits per heavy atom. The van der Waals surface area contributed by atoms with Crippen LogP contribution >= 0.6 is 0 Å². The second-order valence-electron chi connectivity index (χ2n) is 6.96. The minimum atomic E-state index is -4.46. The van der Waals surface area contributed by atoms with Crippen molar-refractivity contribution in [1.29, 1.82) is 0 Å². The third-order valence-corrected chi connectivity index (χ3v) is 4.79. The first-order valence-electron chi connectivity index (χ1n) is 9.35. The Labute approximate surface area is 166 Å². The molecule has 0 bridgehead atoms. The fourth-order valence-electron chi connectivity index (χ4n) is 3.26. The van der Waals surface area contributed by atoms with Crippen LogP contribution in [0.2, 0.25) is 0 Å². The van der Waals surface area contributed by atoms with Crippen LogP contribution in [0.15, 0.2) is 42.5 Å². The van der Waals surface area contributed by atoms with Crippen molar-refractivity contribution in [3.8, 4) is 0 Å². The number of hydrogen-bond acceptors (Lipinski definition) is 4. The molecule has 0 spiro atoms. The van der Waals surface area contributed by atoms with Gasteiger partial charge in [0.1, 0.15) is 0 Å². The summed E-state index contributed by atoms with van der Waals surface area (Å²) < 4.78 is 39.3. The molecular formula is C21H22F3N3O2. The quantitative estimate of drug-likeness (QED) is 0.692. The molecule has 154 valence electrons. The van der Waals surface area contributed by atoms with Crippen molar-refractivity contribution in [3.05, 3.63) is 53.6 Å². The number of benzene rings is 2. The Morgan fingerprint density at radius 1 is 1.03 bits per heavy atom. The van der Waals surface area contributed by atoms with E-state index in [2.05, 4.69) is 10.6 Å². The first-order chi connectivity index (χ1) is 13.7. The fourth-order valence-corrected chi connectivity index (χ4v) is 3.26. The van der Waals surface area contributed by atoms with Crippen molar-refractivity contribution >= 4 is 28.8 Å². The van der Waals surface area contributed by atoms with Gasteiger partial charge in [0.25, 0.3) is 0 Å². The summed E-state index contributed by atoms with van der Waals surface area (Å²) in [4.78, 5) is 25.6. The number of halogens is 3. The number of nitrogens with zero attached hydrogens (tertiary/aromatic N) is 1. The van der Waals surface area contributed by atoms with Crippen molar-refractivity contribution in [3.63, 3.8) is 0 Å². The lowest BCUT2D eigenvalue weighted by molar-refractivity contribution is -0.137. The molecule has 8 heteroatoms. The molecule has 1 aliphatic heterocycles. The molecule has 2 aromatic rings. The molecule has 1 amide bonds. The standard InChI is InChI=1S/C21H22F3N3O2/c1-14(28)15-4-7-17(8-5-15)26-20(29)13-25-18-12-16(21(22,23)24)6-9-19(18)27-10-2-3-11-27/h4-9,12,25H,2-3,10-11,13H2,1H3,(H,26,29). The zero-order chi connectivity index (χ0) is 21.0. The molecule has 0 saturated carbocycles. The molecule has 29 heavy (non-hydrogen) atoms. The summed E-state index contributed by atoms with van der Waals surface area (Å²) in [5.74, 6) is -0.478. The van der Waals surface area contributed by atoms with E-state index in [9.17, 15) is 22.8 Å². The first-order valence-corrected chi connectivity index (χ1v) is 9.35. The van der Waals surface area contributed by atoms with Gasteiger partial charge in [-0.1, -0.05) is 0 Å². The summed E-state index contributed by atoms with van der Waals surface area (Å²) >= 11 is 0. The number of rotatable bonds is 6. The molecule has 2 N–H and O–H groups in total. The number of Topliss-reactive ketones (excluding diaryl/α,β-unsaturated/α-hetero) is 1. The molecule has 0 atom stereocenters. The molecule has 3 rings (SSSR count). The van der Waals surface area contributed by atoms with Crippen LogP contribution in [0.25, 0.3) is 0 Å². The third kappa shape index (κ3) is 5.28. The number of ketones is 1. The van der Waals surface area contributed by atoms with Crippen LogP contribution in [-0.4, -0.2) is 31.3 Å². The van der Waals surface area contributed by atoms with Crippen LogP contribution in [0, 0.1) is 0 Å². The van der Waals surface area contributed by atoms with E-state index in [1.165, 1.54) is 13.0 Å². The Kier molecular flexibility index (Phi) is 6.10. The van der Waals surface area contributed by atoms with Crippen molar-refractivity contribution in [2.45, 2.75) is 25.9 Å². The highest BCUT2D eigenvalue weighted by molar-refractivity contribution is 5.96. The van der Waals surface area contributed by atoms with Gasteiger partial charge >= 0.3 is 6.18 Å². The van der Waals surface area contributed by atoms with E-state index in [0.29, 0.717) is 16.9 Å². The Morgan fingerprint density at radius 3 is 2.28 bits per heavy atom. The van der Waals surface area contributed by atoms with Gasteiger partial charge < -0.3 is 15.5 Å². The second-order valence-corrected chi connectivity index (χ2v) is 6.96. The molecule has 1 fully saturated rings. The van der Waals surface area contributed by atoms with Crippen molar-refractivity contribution < 1.29 is 22.8 Å². The van der Waals surface area contributed by atoms with Crippen LogP contribution in [0.4, 0.5) is 30.2 Å². The van der Waals surface area contributed by atoms with Crippen LogP contribution in [0.3, 0.4) is 0 Å². The molecule has 5 nitrogen and oxygen atoms in total. The van der Waals surface area contributed by atoms with E-state index in [1.54, 1.807) is 24.3 Å². The number of amides is 1. The van der Waals surface area contributed by atoms with Gasteiger partial charge in [-0.2, -0.15) is 13.2 Å².